The topological polar surface area (TPSA) is 53.9 Å². The molecule has 0 bridgehead atoms. The lowest BCUT2D eigenvalue weighted by atomic mass is 10.1. The van der Waals surface area contributed by atoms with E-state index >= 15 is 0 Å². The largest absolute Gasteiger partial charge is 0.353 e. The van der Waals surface area contributed by atoms with Gasteiger partial charge in [-0.25, -0.2) is 4.98 Å². The molecule has 0 spiro atoms. The number of aromatic amines is 1. The van der Waals surface area contributed by atoms with E-state index in [0.717, 1.165) is 30.7 Å². The standard InChI is InChI=1S/C19H22N4O/c1-13(18-20-15-8-4-3-7-14(15)19(24)21-18)23-12-6-10-17(23)16-9-5-11-22(16)2/h3-5,7-9,11,13,17H,6,10,12H2,1-2H3,(H,20,21,24)/t13-,17-/m1/s1. The van der Waals surface area contributed by atoms with Crippen LogP contribution < -0.4 is 5.56 Å². The molecule has 4 rings (SSSR count). The number of para-hydroxylation sites is 1. The van der Waals surface area contributed by atoms with E-state index in [0.29, 0.717) is 11.4 Å². The van der Waals surface area contributed by atoms with Crippen LogP contribution in [0.25, 0.3) is 10.9 Å². The van der Waals surface area contributed by atoms with Crippen molar-refractivity contribution in [3.05, 3.63) is 64.5 Å². The number of fused-ring (bicyclic) bond motifs is 1. The third-order valence-corrected chi connectivity index (χ3v) is 5.14. The molecule has 0 aliphatic carbocycles. The molecule has 3 heterocycles. The lowest BCUT2D eigenvalue weighted by molar-refractivity contribution is 0.181. The summed E-state index contributed by atoms with van der Waals surface area (Å²) in [5.41, 5.74) is 2.03. The summed E-state index contributed by atoms with van der Waals surface area (Å²) >= 11 is 0. The van der Waals surface area contributed by atoms with E-state index in [9.17, 15) is 4.79 Å². The lowest BCUT2D eigenvalue weighted by Crippen LogP contribution is -2.30. The van der Waals surface area contributed by atoms with Crippen LogP contribution in [0.2, 0.25) is 0 Å². The van der Waals surface area contributed by atoms with Crippen molar-refractivity contribution >= 4 is 10.9 Å². The monoisotopic (exact) mass is 322 g/mol. The average molecular weight is 322 g/mol. The summed E-state index contributed by atoms with van der Waals surface area (Å²) in [4.78, 5) is 22.5. The summed E-state index contributed by atoms with van der Waals surface area (Å²) < 4.78 is 2.19. The Balaban J connectivity index is 1.71. The summed E-state index contributed by atoms with van der Waals surface area (Å²) in [5, 5.41) is 0.647. The first-order valence-electron chi connectivity index (χ1n) is 8.51. The molecule has 24 heavy (non-hydrogen) atoms. The highest BCUT2D eigenvalue weighted by atomic mass is 16.1. The fraction of sp³-hybridized carbons (Fsp3) is 0.368. The highest BCUT2D eigenvalue weighted by Gasteiger charge is 2.32. The molecule has 0 saturated carbocycles. The number of nitrogens with one attached hydrogen (secondary N) is 1. The Bertz CT molecular complexity index is 926. The molecular weight excluding hydrogens is 300 g/mol. The van der Waals surface area contributed by atoms with Gasteiger partial charge in [0.05, 0.1) is 23.0 Å². The maximum Gasteiger partial charge on any atom is 0.258 e. The number of rotatable bonds is 3. The van der Waals surface area contributed by atoms with E-state index in [2.05, 4.69) is 46.8 Å². The van der Waals surface area contributed by atoms with Crippen molar-refractivity contribution in [2.75, 3.05) is 6.54 Å². The fourth-order valence-electron chi connectivity index (χ4n) is 3.85. The van der Waals surface area contributed by atoms with Crippen molar-refractivity contribution in [1.82, 2.24) is 19.4 Å². The van der Waals surface area contributed by atoms with Crippen LogP contribution in [0.15, 0.2) is 47.4 Å². The molecule has 2 atom stereocenters. The quantitative estimate of drug-likeness (QED) is 0.806. The van der Waals surface area contributed by atoms with Gasteiger partial charge in [0.25, 0.3) is 5.56 Å². The highest BCUT2D eigenvalue weighted by Crippen LogP contribution is 2.37. The zero-order valence-corrected chi connectivity index (χ0v) is 14.1. The van der Waals surface area contributed by atoms with Gasteiger partial charge < -0.3 is 9.55 Å². The molecule has 5 nitrogen and oxygen atoms in total. The summed E-state index contributed by atoms with van der Waals surface area (Å²) in [7, 11) is 2.09. The zero-order chi connectivity index (χ0) is 16.7. The first-order chi connectivity index (χ1) is 11.6. The van der Waals surface area contributed by atoms with E-state index in [1.54, 1.807) is 0 Å². The Labute approximate surface area is 140 Å². The molecule has 1 N–H and O–H groups in total. The highest BCUT2D eigenvalue weighted by molar-refractivity contribution is 5.77. The van der Waals surface area contributed by atoms with Gasteiger partial charge in [0.15, 0.2) is 0 Å². The Hall–Kier alpha value is -2.40. The molecule has 124 valence electrons. The van der Waals surface area contributed by atoms with Crippen LogP contribution >= 0.6 is 0 Å². The molecule has 5 heteroatoms. The number of nitrogens with zero attached hydrogens (tertiary/aromatic N) is 3. The van der Waals surface area contributed by atoms with Crippen molar-refractivity contribution in [2.24, 2.45) is 7.05 Å². The predicted octanol–water partition coefficient (Wildman–Crippen LogP) is 3.16. The Morgan fingerprint density at radius 3 is 2.88 bits per heavy atom. The minimum absolute atomic E-state index is 0.0583. The van der Waals surface area contributed by atoms with Gasteiger partial charge in [-0.2, -0.15) is 0 Å². The first kappa shape index (κ1) is 15.1. The maximum atomic E-state index is 12.4. The van der Waals surface area contributed by atoms with Gasteiger partial charge in [-0.3, -0.25) is 9.69 Å². The molecule has 0 amide bonds. The van der Waals surface area contributed by atoms with Crippen LogP contribution in [0.3, 0.4) is 0 Å². The van der Waals surface area contributed by atoms with Gasteiger partial charge in [-0.15, -0.1) is 0 Å². The molecule has 1 aromatic carbocycles. The normalized spacial score (nSPS) is 19.8. The third-order valence-electron chi connectivity index (χ3n) is 5.14. The molecule has 1 saturated heterocycles. The van der Waals surface area contributed by atoms with Gasteiger partial charge in [0, 0.05) is 18.9 Å². The van der Waals surface area contributed by atoms with E-state index in [1.807, 2.05) is 24.3 Å². The molecule has 2 aromatic heterocycles. The molecule has 1 aliphatic heterocycles. The van der Waals surface area contributed by atoms with Crippen molar-refractivity contribution < 1.29 is 0 Å². The number of aromatic nitrogens is 3. The van der Waals surface area contributed by atoms with Crippen molar-refractivity contribution in [3.8, 4) is 0 Å². The Morgan fingerprint density at radius 2 is 2.08 bits per heavy atom. The molecule has 0 radical (unpaired) electrons. The number of aryl methyl sites for hydroxylation is 1. The summed E-state index contributed by atoms with van der Waals surface area (Å²) in [6, 6.07) is 12.2. The zero-order valence-electron chi connectivity index (χ0n) is 14.1. The second-order valence-electron chi connectivity index (χ2n) is 6.58. The first-order valence-corrected chi connectivity index (χ1v) is 8.51. The van der Waals surface area contributed by atoms with Crippen LogP contribution in [0.5, 0.6) is 0 Å². The number of hydrogen-bond donors (Lipinski definition) is 1. The van der Waals surface area contributed by atoms with E-state index in [1.165, 1.54) is 5.69 Å². The number of likely N-dealkylation sites (tertiary alicyclic amines) is 1. The Kier molecular flexibility index (Phi) is 3.73. The van der Waals surface area contributed by atoms with Gasteiger partial charge in [0.1, 0.15) is 5.82 Å². The summed E-state index contributed by atoms with van der Waals surface area (Å²) in [6.45, 7) is 3.15. The van der Waals surface area contributed by atoms with Crippen molar-refractivity contribution in [2.45, 2.75) is 31.8 Å². The maximum absolute atomic E-state index is 12.4. The van der Waals surface area contributed by atoms with Gasteiger partial charge in [0.2, 0.25) is 0 Å². The second-order valence-corrected chi connectivity index (χ2v) is 6.58. The number of benzene rings is 1. The molecular formula is C19H22N4O. The number of H-pyrrole nitrogens is 1. The molecule has 1 fully saturated rings. The second kappa shape index (κ2) is 5.91. The average Bonchev–Trinajstić information content (AvgIpc) is 3.22. The molecule has 3 aromatic rings. The lowest BCUT2D eigenvalue weighted by Gasteiger charge is -2.30. The van der Waals surface area contributed by atoms with Crippen LogP contribution in [0.1, 0.15) is 43.4 Å². The van der Waals surface area contributed by atoms with Gasteiger partial charge >= 0.3 is 0 Å². The molecule has 1 aliphatic rings. The van der Waals surface area contributed by atoms with Gasteiger partial charge in [-0.05, 0) is 50.6 Å². The van der Waals surface area contributed by atoms with Crippen LogP contribution in [0, 0.1) is 0 Å². The summed E-state index contributed by atoms with van der Waals surface area (Å²) in [5.74, 6) is 0.750. The minimum atomic E-state index is -0.0583. The van der Waals surface area contributed by atoms with E-state index in [4.69, 9.17) is 4.98 Å². The number of hydrogen-bond acceptors (Lipinski definition) is 3. The predicted molar refractivity (Wildman–Crippen MR) is 94.9 cm³/mol. The minimum Gasteiger partial charge on any atom is -0.353 e. The van der Waals surface area contributed by atoms with Crippen LogP contribution in [-0.4, -0.2) is 26.0 Å². The van der Waals surface area contributed by atoms with Crippen LogP contribution in [-0.2, 0) is 7.05 Å². The van der Waals surface area contributed by atoms with E-state index < -0.39 is 0 Å². The van der Waals surface area contributed by atoms with Crippen molar-refractivity contribution in [1.29, 1.82) is 0 Å². The van der Waals surface area contributed by atoms with Crippen LogP contribution in [0.4, 0.5) is 0 Å². The third kappa shape index (κ3) is 2.45. The van der Waals surface area contributed by atoms with Crippen molar-refractivity contribution in [3.63, 3.8) is 0 Å². The summed E-state index contributed by atoms with van der Waals surface area (Å²) in [6.07, 6.45) is 4.39. The smallest absolute Gasteiger partial charge is 0.258 e. The van der Waals surface area contributed by atoms with Gasteiger partial charge in [-0.1, -0.05) is 12.1 Å². The fourth-order valence-corrected chi connectivity index (χ4v) is 3.85. The Morgan fingerprint density at radius 1 is 1.25 bits per heavy atom. The van der Waals surface area contributed by atoms with E-state index in [-0.39, 0.29) is 11.6 Å². The molecule has 0 unspecified atom stereocenters. The SMILES string of the molecule is C[C@H](c1nc2ccccc2c(=O)[nH]1)N1CCC[C@@H]1c1cccn1C.